The quantitative estimate of drug-likeness (QED) is 0.654. The van der Waals surface area contributed by atoms with E-state index in [0.29, 0.717) is 17.9 Å². The number of esters is 1. The van der Waals surface area contributed by atoms with Crippen LogP contribution < -0.4 is 0 Å². The second kappa shape index (κ2) is 6.07. The van der Waals surface area contributed by atoms with E-state index in [4.69, 9.17) is 9.15 Å². The summed E-state index contributed by atoms with van der Waals surface area (Å²) in [6.45, 7) is 9.94. The van der Waals surface area contributed by atoms with Gasteiger partial charge in [-0.3, -0.25) is 0 Å². The van der Waals surface area contributed by atoms with Crippen LogP contribution in [0.2, 0.25) is 0 Å². The van der Waals surface area contributed by atoms with Crippen LogP contribution in [0.3, 0.4) is 0 Å². The lowest BCUT2D eigenvalue weighted by atomic mass is 9.53. The largest absolute Gasteiger partial charge is 0.469 e. The van der Waals surface area contributed by atoms with E-state index in [9.17, 15) is 9.90 Å². The molecule has 0 saturated heterocycles. The van der Waals surface area contributed by atoms with Gasteiger partial charge in [0.15, 0.2) is 0 Å². The number of aliphatic hydroxyl groups excluding tert-OH is 1. The van der Waals surface area contributed by atoms with E-state index in [1.165, 1.54) is 0 Å². The number of aliphatic hydroxyl groups is 1. The molecule has 24 heavy (non-hydrogen) atoms. The molecule has 3 rings (SSSR count). The molecule has 0 bridgehead atoms. The van der Waals surface area contributed by atoms with Crippen LogP contribution in [0, 0.1) is 24.2 Å². The van der Waals surface area contributed by atoms with Crippen molar-refractivity contribution in [1.29, 1.82) is 0 Å². The van der Waals surface area contributed by atoms with Gasteiger partial charge in [0.05, 0.1) is 12.4 Å². The van der Waals surface area contributed by atoms with Gasteiger partial charge in [0, 0.05) is 28.9 Å². The summed E-state index contributed by atoms with van der Waals surface area (Å²) in [6, 6.07) is 0. The standard InChI is InChI=1S/C20H28O4/c1-6-11(2)19(22)24-15-8-7-13(4)20(5)14(15)9-16-17(18(20)21)12(3)10-23-16/h6,10,13-15,18,21H,7-9H2,1-5H3/b11-6-/t13-,14-,15+,18+,20+/m0/s1. The first-order valence-electron chi connectivity index (χ1n) is 8.89. The Morgan fingerprint density at radius 1 is 1.46 bits per heavy atom. The van der Waals surface area contributed by atoms with Crippen LogP contribution in [0.4, 0.5) is 0 Å². The maximum Gasteiger partial charge on any atom is 0.333 e. The molecule has 2 aliphatic rings. The van der Waals surface area contributed by atoms with Crippen molar-refractivity contribution in [1.82, 2.24) is 0 Å². The van der Waals surface area contributed by atoms with Crippen molar-refractivity contribution in [3.63, 3.8) is 0 Å². The van der Waals surface area contributed by atoms with Crippen molar-refractivity contribution in [3.8, 4) is 0 Å². The monoisotopic (exact) mass is 332 g/mol. The number of fused-ring (bicyclic) bond motifs is 2. The second-order valence-corrected chi connectivity index (χ2v) is 7.73. The number of carbonyl (C=O) groups is 1. The molecule has 0 amide bonds. The van der Waals surface area contributed by atoms with E-state index < -0.39 is 6.10 Å². The summed E-state index contributed by atoms with van der Waals surface area (Å²) in [4.78, 5) is 12.3. The highest BCUT2D eigenvalue weighted by molar-refractivity contribution is 5.87. The van der Waals surface area contributed by atoms with Crippen molar-refractivity contribution in [3.05, 3.63) is 34.8 Å². The third-order valence-electron chi connectivity index (χ3n) is 6.58. The Labute approximate surface area is 143 Å². The predicted octanol–water partition coefficient (Wildman–Crippen LogP) is 4.11. The molecule has 1 heterocycles. The van der Waals surface area contributed by atoms with E-state index in [0.717, 1.165) is 29.7 Å². The number of hydrogen-bond donors (Lipinski definition) is 1. The summed E-state index contributed by atoms with van der Waals surface area (Å²) in [7, 11) is 0. The van der Waals surface area contributed by atoms with Gasteiger partial charge in [0.1, 0.15) is 11.9 Å². The predicted molar refractivity (Wildman–Crippen MR) is 91.4 cm³/mol. The normalized spacial score (nSPS) is 36.0. The van der Waals surface area contributed by atoms with E-state index in [-0.39, 0.29) is 23.4 Å². The van der Waals surface area contributed by atoms with E-state index >= 15 is 0 Å². The number of carbonyl (C=O) groups excluding carboxylic acids is 1. The van der Waals surface area contributed by atoms with Gasteiger partial charge in [-0.25, -0.2) is 4.79 Å². The molecule has 0 aromatic carbocycles. The van der Waals surface area contributed by atoms with Crippen LogP contribution in [-0.4, -0.2) is 17.2 Å². The van der Waals surface area contributed by atoms with Gasteiger partial charge in [-0.05, 0) is 45.1 Å². The molecular formula is C20H28O4. The van der Waals surface area contributed by atoms with Crippen LogP contribution in [0.5, 0.6) is 0 Å². The minimum atomic E-state index is -0.579. The van der Waals surface area contributed by atoms with E-state index in [2.05, 4.69) is 13.8 Å². The van der Waals surface area contributed by atoms with Crippen molar-refractivity contribution >= 4 is 5.97 Å². The molecule has 4 nitrogen and oxygen atoms in total. The van der Waals surface area contributed by atoms with Crippen LogP contribution in [0.15, 0.2) is 22.3 Å². The third-order valence-corrected chi connectivity index (χ3v) is 6.58. The second-order valence-electron chi connectivity index (χ2n) is 7.73. The number of ether oxygens (including phenoxy) is 1. The van der Waals surface area contributed by atoms with Crippen LogP contribution in [0.25, 0.3) is 0 Å². The molecule has 5 atom stereocenters. The fourth-order valence-electron chi connectivity index (χ4n) is 4.55. The number of rotatable bonds is 2. The van der Waals surface area contributed by atoms with Gasteiger partial charge in [-0.15, -0.1) is 0 Å². The molecule has 1 aromatic rings. The number of allylic oxidation sites excluding steroid dienone is 1. The average Bonchev–Trinajstić information content (AvgIpc) is 2.93. The fourth-order valence-corrected chi connectivity index (χ4v) is 4.55. The molecule has 1 saturated carbocycles. The zero-order valence-corrected chi connectivity index (χ0v) is 15.3. The Kier molecular flexibility index (Phi) is 4.37. The van der Waals surface area contributed by atoms with Crippen LogP contribution >= 0.6 is 0 Å². The topological polar surface area (TPSA) is 59.7 Å². The first-order valence-corrected chi connectivity index (χ1v) is 8.89. The van der Waals surface area contributed by atoms with Crippen LogP contribution in [-0.2, 0) is 16.0 Å². The van der Waals surface area contributed by atoms with E-state index in [1.54, 1.807) is 19.3 Å². The smallest absolute Gasteiger partial charge is 0.333 e. The summed E-state index contributed by atoms with van der Waals surface area (Å²) >= 11 is 0. The lowest BCUT2D eigenvalue weighted by Crippen LogP contribution is -2.53. The summed E-state index contributed by atoms with van der Waals surface area (Å²) in [5, 5.41) is 11.2. The molecule has 0 spiro atoms. The highest BCUT2D eigenvalue weighted by Crippen LogP contribution is 2.58. The Hall–Kier alpha value is -1.55. The SMILES string of the molecule is C/C=C(/C)C(=O)O[C@@H]1CC[C@H](C)[C@@]2(C)[C@H](O)c3c(C)coc3C[C@@H]12. The Morgan fingerprint density at radius 2 is 2.17 bits per heavy atom. The molecule has 132 valence electrons. The zero-order chi connectivity index (χ0) is 17.6. The molecular weight excluding hydrogens is 304 g/mol. The summed E-state index contributed by atoms with van der Waals surface area (Å²) in [5.41, 5.74) is 2.26. The maximum atomic E-state index is 12.3. The van der Waals surface area contributed by atoms with Crippen molar-refractivity contribution in [2.24, 2.45) is 17.3 Å². The summed E-state index contributed by atoms with van der Waals surface area (Å²) < 4.78 is 11.5. The number of aryl methyl sites for hydroxylation is 1. The van der Waals surface area contributed by atoms with Gasteiger partial charge in [-0.2, -0.15) is 0 Å². The van der Waals surface area contributed by atoms with Gasteiger partial charge >= 0.3 is 5.97 Å². The van der Waals surface area contributed by atoms with Gasteiger partial charge in [0.25, 0.3) is 0 Å². The lowest BCUT2D eigenvalue weighted by Gasteiger charge is -2.54. The Morgan fingerprint density at radius 3 is 2.83 bits per heavy atom. The first kappa shape index (κ1) is 17.3. The molecule has 1 fully saturated rings. The fraction of sp³-hybridized carbons (Fsp3) is 0.650. The minimum absolute atomic E-state index is 0.0721. The number of hydrogen-bond acceptors (Lipinski definition) is 4. The van der Waals surface area contributed by atoms with Gasteiger partial charge in [0.2, 0.25) is 0 Å². The molecule has 2 aliphatic carbocycles. The minimum Gasteiger partial charge on any atom is -0.469 e. The Bertz CT molecular complexity index is 671. The highest BCUT2D eigenvalue weighted by atomic mass is 16.5. The van der Waals surface area contributed by atoms with Crippen LogP contribution in [0.1, 0.15) is 63.5 Å². The van der Waals surface area contributed by atoms with Crippen molar-refractivity contribution in [2.75, 3.05) is 0 Å². The van der Waals surface area contributed by atoms with Gasteiger partial charge in [-0.1, -0.05) is 19.9 Å². The number of furan rings is 1. The lowest BCUT2D eigenvalue weighted by molar-refractivity contribution is -0.170. The maximum absolute atomic E-state index is 12.3. The summed E-state index contributed by atoms with van der Waals surface area (Å²) in [5.74, 6) is 1.02. The highest BCUT2D eigenvalue weighted by Gasteiger charge is 2.56. The van der Waals surface area contributed by atoms with Crippen molar-refractivity contribution < 1.29 is 19.1 Å². The first-order chi connectivity index (χ1) is 11.3. The molecule has 0 aliphatic heterocycles. The third kappa shape index (κ3) is 2.43. The molecule has 0 unspecified atom stereocenters. The molecule has 4 heteroatoms. The van der Waals surface area contributed by atoms with E-state index in [1.807, 2.05) is 13.8 Å². The van der Waals surface area contributed by atoms with Gasteiger partial charge < -0.3 is 14.3 Å². The van der Waals surface area contributed by atoms with Crippen molar-refractivity contribution in [2.45, 2.75) is 66.1 Å². The zero-order valence-electron chi connectivity index (χ0n) is 15.3. The molecule has 1 N–H and O–H groups in total. The molecule has 0 radical (unpaired) electrons. The average molecular weight is 332 g/mol. The summed E-state index contributed by atoms with van der Waals surface area (Å²) in [6.07, 6.45) is 5.25. The Balaban J connectivity index is 1.96. The molecule has 1 aromatic heterocycles.